The Balaban J connectivity index is 2.34. The van der Waals surface area contributed by atoms with Gasteiger partial charge in [-0.25, -0.2) is 4.98 Å². The maximum absolute atomic E-state index is 11.8. The number of nitrogens with zero attached hydrogens (tertiary/aromatic N) is 2. The fourth-order valence-electron chi connectivity index (χ4n) is 2.33. The van der Waals surface area contributed by atoms with Gasteiger partial charge in [0.05, 0.1) is 0 Å². The van der Waals surface area contributed by atoms with E-state index in [0.717, 1.165) is 30.6 Å². The average molecular weight is 247 g/mol. The summed E-state index contributed by atoms with van der Waals surface area (Å²) in [6, 6.07) is 1.63. The van der Waals surface area contributed by atoms with E-state index in [-0.39, 0.29) is 11.9 Å². The molecule has 1 amide bonds. The van der Waals surface area contributed by atoms with Crippen LogP contribution in [0.5, 0.6) is 0 Å². The van der Waals surface area contributed by atoms with E-state index in [1.165, 1.54) is 0 Å². The van der Waals surface area contributed by atoms with E-state index in [4.69, 9.17) is 0 Å². The van der Waals surface area contributed by atoms with Crippen LogP contribution in [0.4, 0.5) is 5.82 Å². The molecule has 1 saturated heterocycles. The Hall–Kier alpha value is -1.91. The zero-order valence-corrected chi connectivity index (χ0v) is 10.6. The number of carbonyl (C=O) groups is 2. The lowest BCUT2D eigenvalue weighted by Crippen LogP contribution is -2.55. The number of anilines is 1. The van der Waals surface area contributed by atoms with Crippen molar-refractivity contribution in [3.63, 3.8) is 0 Å². The van der Waals surface area contributed by atoms with Gasteiger partial charge in [0.1, 0.15) is 11.9 Å². The number of amides is 1. The molecule has 1 fully saturated rings. The molecule has 2 rings (SSSR count). The molecule has 0 radical (unpaired) electrons. The molecule has 0 spiro atoms. The summed E-state index contributed by atoms with van der Waals surface area (Å²) < 4.78 is 0. The van der Waals surface area contributed by atoms with Gasteiger partial charge in [0, 0.05) is 24.8 Å². The number of piperazine rings is 1. The fraction of sp³-hybridized carbons (Fsp3) is 0.462. The second-order valence-electron chi connectivity index (χ2n) is 4.44. The first-order valence-corrected chi connectivity index (χ1v) is 6.13. The molecule has 2 heterocycles. The van der Waals surface area contributed by atoms with Gasteiger partial charge in [-0.3, -0.25) is 9.59 Å². The van der Waals surface area contributed by atoms with Crippen LogP contribution in [0.25, 0.3) is 0 Å². The topological polar surface area (TPSA) is 62.3 Å². The molecule has 5 heteroatoms. The van der Waals surface area contributed by atoms with E-state index in [0.29, 0.717) is 12.1 Å². The average Bonchev–Trinajstić information content (AvgIpc) is 2.38. The van der Waals surface area contributed by atoms with Gasteiger partial charge in [-0.15, -0.1) is 0 Å². The first-order chi connectivity index (χ1) is 8.67. The van der Waals surface area contributed by atoms with Crippen molar-refractivity contribution in [2.24, 2.45) is 0 Å². The van der Waals surface area contributed by atoms with E-state index in [9.17, 15) is 9.59 Å². The van der Waals surface area contributed by atoms with Crippen molar-refractivity contribution in [3.05, 3.63) is 23.4 Å². The molecule has 18 heavy (non-hydrogen) atoms. The lowest BCUT2D eigenvalue weighted by molar-refractivity contribution is -0.123. The largest absolute Gasteiger partial charge is 0.353 e. The summed E-state index contributed by atoms with van der Waals surface area (Å²) >= 11 is 0. The van der Waals surface area contributed by atoms with Crippen LogP contribution in [0, 0.1) is 6.92 Å². The minimum absolute atomic E-state index is 0.0458. The molecular weight excluding hydrogens is 230 g/mol. The fourth-order valence-corrected chi connectivity index (χ4v) is 2.33. The van der Waals surface area contributed by atoms with E-state index in [1.807, 2.05) is 18.7 Å². The van der Waals surface area contributed by atoms with Gasteiger partial charge in [-0.2, -0.15) is 0 Å². The SMILES string of the molecule is CCC1C(=O)NCCN1c1ncc(C=O)cc1C. The molecule has 1 unspecified atom stereocenters. The minimum Gasteiger partial charge on any atom is -0.353 e. The van der Waals surface area contributed by atoms with Gasteiger partial charge in [0.15, 0.2) is 6.29 Å². The molecule has 0 bridgehead atoms. The van der Waals surface area contributed by atoms with E-state index < -0.39 is 0 Å². The first-order valence-electron chi connectivity index (χ1n) is 6.13. The number of aldehydes is 1. The van der Waals surface area contributed by atoms with Gasteiger partial charge in [0.25, 0.3) is 0 Å². The molecule has 96 valence electrons. The van der Waals surface area contributed by atoms with E-state index >= 15 is 0 Å². The van der Waals surface area contributed by atoms with Crippen molar-refractivity contribution in [2.75, 3.05) is 18.0 Å². The third-order valence-electron chi connectivity index (χ3n) is 3.20. The van der Waals surface area contributed by atoms with Crippen molar-refractivity contribution < 1.29 is 9.59 Å². The van der Waals surface area contributed by atoms with Crippen LogP contribution in [-0.4, -0.2) is 36.3 Å². The Bertz CT molecular complexity index is 473. The second kappa shape index (κ2) is 5.16. The summed E-state index contributed by atoms with van der Waals surface area (Å²) in [5.74, 6) is 0.840. The number of carbonyl (C=O) groups excluding carboxylic acids is 2. The van der Waals surface area contributed by atoms with Crippen LogP contribution in [0.1, 0.15) is 29.3 Å². The van der Waals surface area contributed by atoms with Gasteiger partial charge >= 0.3 is 0 Å². The van der Waals surface area contributed by atoms with Gasteiger partial charge < -0.3 is 10.2 Å². The van der Waals surface area contributed by atoms with Crippen molar-refractivity contribution in [3.8, 4) is 0 Å². The predicted octanol–water partition coefficient (Wildman–Crippen LogP) is 0.917. The summed E-state index contributed by atoms with van der Waals surface area (Å²) in [5, 5.41) is 2.86. The van der Waals surface area contributed by atoms with Crippen molar-refractivity contribution >= 4 is 18.0 Å². The molecular formula is C13H17N3O2. The number of pyridine rings is 1. The summed E-state index contributed by atoms with van der Waals surface area (Å²) in [6.45, 7) is 5.27. The first kappa shape index (κ1) is 12.5. The molecule has 5 nitrogen and oxygen atoms in total. The Morgan fingerprint density at radius 2 is 2.39 bits per heavy atom. The molecule has 1 N–H and O–H groups in total. The quantitative estimate of drug-likeness (QED) is 0.807. The smallest absolute Gasteiger partial charge is 0.242 e. The maximum atomic E-state index is 11.8. The van der Waals surface area contributed by atoms with E-state index in [1.54, 1.807) is 12.3 Å². The summed E-state index contributed by atoms with van der Waals surface area (Å²) in [6.07, 6.45) is 3.07. The van der Waals surface area contributed by atoms with Gasteiger partial charge in [-0.1, -0.05) is 6.92 Å². The van der Waals surface area contributed by atoms with Crippen LogP contribution in [-0.2, 0) is 4.79 Å². The van der Waals surface area contributed by atoms with Crippen molar-refractivity contribution in [1.82, 2.24) is 10.3 Å². The van der Waals surface area contributed by atoms with Crippen LogP contribution in [0.2, 0.25) is 0 Å². The molecule has 1 aliphatic heterocycles. The third-order valence-corrected chi connectivity index (χ3v) is 3.20. The monoisotopic (exact) mass is 247 g/mol. The number of aryl methyl sites for hydroxylation is 1. The predicted molar refractivity (Wildman–Crippen MR) is 68.8 cm³/mol. The molecule has 0 aliphatic carbocycles. The molecule has 0 aromatic carbocycles. The molecule has 1 aromatic heterocycles. The number of rotatable bonds is 3. The van der Waals surface area contributed by atoms with Crippen molar-refractivity contribution in [2.45, 2.75) is 26.3 Å². The highest BCUT2D eigenvalue weighted by Crippen LogP contribution is 2.22. The Kier molecular flexibility index (Phi) is 3.60. The minimum atomic E-state index is -0.174. The summed E-state index contributed by atoms with van der Waals surface area (Å²) in [7, 11) is 0. The zero-order valence-electron chi connectivity index (χ0n) is 10.6. The molecule has 0 saturated carbocycles. The van der Waals surface area contributed by atoms with Crippen LogP contribution in [0.3, 0.4) is 0 Å². The summed E-state index contributed by atoms with van der Waals surface area (Å²) in [4.78, 5) is 28.8. The van der Waals surface area contributed by atoms with Crippen LogP contribution in [0.15, 0.2) is 12.3 Å². The zero-order chi connectivity index (χ0) is 13.1. The number of nitrogens with one attached hydrogen (secondary N) is 1. The van der Waals surface area contributed by atoms with E-state index in [2.05, 4.69) is 10.3 Å². The van der Waals surface area contributed by atoms with Gasteiger partial charge in [-0.05, 0) is 25.0 Å². The maximum Gasteiger partial charge on any atom is 0.242 e. The number of hydrogen-bond acceptors (Lipinski definition) is 4. The number of hydrogen-bond donors (Lipinski definition) is 1. The van der Waals surface area contributed by atoms with Crippen LogP contribution >= 0.6 is 0 Å². The Morgan fingerprint density at radius 3 is 3.00 bits per heavy atom. The van der Waals surface area contributed by atoms with Crippen LogP contribution < -0.4 is 10.2 Å². The normalized spacial score (nSPS) is 19.6. The Labute approximate surface area is 106 Å². The molecule has 1 aliphatic rings. The van der Waals surface area contributed by atoms with Gasteiger partial charge in [0.2, 0.25) is 5.91 Å². The number of aromatic nitrogens is 1. The molecule has 1 aromatic rings. The van der Waals surface area contributed by atoms with Crippen molar-refractivity contribution in [1.29, 1.82) is 0 Å². The summed E-state index contributed by atoms with van der Waals surface area (Å²) in [5.41, 5.74) is 1.48. The molecule has 1 atom stereocenters. The second-order valence-corrected chi connectivity index (χ2v) is 4.44. The standard InChI is InChI=1S/C13H17N3O2/c1-3-11-13(18)14-4-5-16(11)12-9(2)6-10(8-17)7-15-12/h6-8,11H,3-5H2,1-2H3,(H,14,18). The lowest BCUT2D eigenvalue weighted by Gasteiger charge is -2.36. The highest BCUT2D eigenvalue weighted by molar-refractivity contribution is 5.86. The lowest BCUT2D eigenvalue weighted by atomic mass is 10.1. The Morgan fingerprint density at radius 1 is 1.61 bits per heavy atom. The highest BCUT2D eigenvalue weighted by atomic mass is 16.2. The third kappa shape index (κ3) is 2.20. The highest BCUT2D eigenvalue weighted by Gasteiger charge is 2.29.